The van der Waals surface area contributed by atoms with Gasteiger partial charge in [-0.1, -0.05) is 43.5 Å². The fraction of sp³-hybridized carbons (Fsp3) is 0.375. The van der Waals surface area contributed by atoms with Crippen LogP contribution in [0.15, 0.2) is 48.5 Å². The molecular weight excluding hydrogens is 382 g/mol. The summed E-state index contributed by atoms with van der Waals surface area (Å²) in [5.41, 5.74) is 2.19. The summed E-state index contributed by atoms with van der Waals surface area (Å²) in [7, 11) is 1.54. The quantitative estimate of drug-likeness (QED) is 0.528. The second-order valence-electron chi connectivity index (χ2n) is 7.45. The Kier molecular flexibility index (Phi) is 7.60. The minimum Gasteiger partial charge on any atom is -0.497 e. The molecule has 0 aliphatic heterocycles. The van der Waals surface area contributed by atoms with Gasteiger partial charge >= 0.3 is 5.97 Å². The second kappa shape index (κ2) is 10.6. The maximum absolute atomic E-state index is 12.3. The molecule has 3 rings (SSSR count). The molecule has 30 heavy (non-hydrogen) atoms. The Morgan fingerprint density at radius 1 is 0.900 bits per heavy atom. The summed E-state index contributed by atoms with van der Waals surface area (Å²) in [6.07, 6.45) is 6.23. The number of amides is 1. The molecule has 2 aromatic rings. The summed E-state index contributed by atoms with van der Waals surface area (Å²) in [6.45, 7) is -0.654. The number of rotatable bonds is 8. The molecule has 1 saturated carbocycles. The van der Waals surface area contributed by atoms with Gasteiger partial charge in [0, 0.05) is 11.1 Å². The molecule has 0 radical (unpaired) electrons. The lowest BCUT2D eigenvalue weighted by molar-refractivity contribution is -0.141. The van der Waals surface area contributed by atoms with Gasteiger partial charge in [0.05, 0.1) is 7.11 Å². The molecule has 1 aliphatic carbocycles. The predicted molar refractivity (Wildman–Crippen MR) is 113 cm³/mol. The molecule has 158 valence electrons. The highest BCUT2D eigenvalue weighted by atomic mass is 16.5. The van der Waals surface area contributed by atoms with E-state index in [-0.39, 0.29) is 18.9 Å². The number of esters is 1. The summed E-state index contributed by atoms with van der Waals surface area (Å²) < 4.78 is 10.0. The van der Waals surface area contributed by atoms with E-state index in [1.165, 1.54) is 44.8 Å². The van der Waals surface area contributed by atoms with E-state index in [0.29, 0.717) is 22.8 Å². The van der Waals surface area contributed by atoms with Crippen molar-refractivity contribution in [3.05, 3.63) is 65.2 Å². The number of carbonyl (C=O) groups is 3. The van der Waals surface area contributed by atoms with Crippen LogP contribution < -0.4 is 10.1 Å². The molecule has 0 unspecified atom stereocenters. The van der Waals surface area contributed by atoms with Gasteiger partial charge in [0.15, 0.2) is 12.4 Å². The van der Waals surface area contributed by atoms with Crippen molar-refractivity contribution in [2.75, 3.05) is 20.3 Å². The van der Waals surface area contributed by atoms with E-state index < -0.39 is 11.9 Å². The van der Waals surface area contributed by atoms with Gasteiger partial charge in [-0.2, -0.15) is 0 Å². The first-order chi connectivity index (χ1) is 14.6. The molecular formula is C24H27NO5. The van der Waals surface area contributed by atoms with E-state index in [1.807, 2.05) is 12.1 Å². The van der Waals surface area contributed by atoms with Crippen LogP contribution in [0.5, 0.6) is 5.75 Å². The number of ketones is 1. The molecule has 0 bridgehead atoms. The predicted octanol–water partition coefficient (Wildman–Crippen LogP) is 3.90. The van der Waals surface area contributed by atoms with Crippen LogP contribution in [-0.2, 0) is 9.53 Å². The average Bonchev–Trinajstić information content (AvgIpc) is 2.81. The molecule has 1 fully saturated rings. The van der Waals surface area contributed by atoms with Gasteiger partial charge in [0.25, 0.3) is 5.91 Å². The van der Waals surface area contributed by atoms with Gasteiger partial charge in [-0.15, -0.1) is 0 Å². The van der Waals surface area contributed by atoms with Gasteiger partial charge < -0.3 is 14.8 Å². The lowest BCUT2D eigenvalue weighted by Gasteiger charge is -2.22. The Morgan fingerprint density at radius 2 is 1.53 bits per heavy atom. The molecule has 6 nitrogen and oxygen atoms in total. The van der Waals surface area contributed by atoms with Gasteiger partial charge in [-0.3, -0.25) is 14.4 Å². The monoisotopic (exact) mass is 409 g/mol. The molecule has 1 N–H and O–H groups in total. The summed E-state index contributed by atoms with van der Waals surface area (Å²) in [5, 5.41) is 2.48. The second-order valence-corrected chi connectivity index (χ2v) is 7.45. The van der Waals surface area contributed by atoms with Crippen molar-refractivity contribution in [3.8, 4) is 5.75 Å². The van der Waals surface area contributed by atoms with Crippen LogP contribution in [-0.4, -0.2) is 37.9 Å². The minimum absolute atomic E-state index is 0.264. The highest BCUT2D eigenvalue weighted by Crippen LogP contribution is 2.32. The van der Waals surface area contributed by atoms with E-state index in [1.54, 1.807) is 36.4 Å². The van der Waals surface area contributed by atoms with Gasteiger partial charge in [-0.25, -0.2) is 0 Å². The van der Waals surface area contributed by atoms with E-state index in [4.69, 9.17) is 9.47 Å². The Labute approximate surface area is 176 Å². The smallest absolute Gasteiger partial charge is 0.325 e. The van der Waals surface area contributed by atoms with E-state index in [9.17, 15) is 14.4 Å². The molecule has 0 heterocycles. The number of Topliss-reactive ketones (excluding diaryl/α,β-unsaturated/α-hetero) is 1. The molecule has 1 aliphatic rings. The fourth-order valence-electron chi connectivity index (χ4n) is 3.65. The van der Waals surface area contributed by atoms with Crippen LogP contribution in [0.4, 0.5) is 0 Å². The van der Waals surface area contributed by atoms with Gasteiger partial charge in [-0.05, 0) is 48.6 Å². The molecule has 2 aromatic carbocycles. The van der Waals surface area contributed by atoms with Gasteiger partial charge in [0.1, 0.15) is 12.3 Å². The van der Waals surface area contributed by atoms with E-state index in [2.05, 4.69) is 5.32 Å². The normalized spacial score (nSPS) is 14.0. The van der Waals surface area contributed by atoms with Crippen molar-refractivity contribution in [3.63, 3.8) is 0 Å². The topological polar surface area (TPSA) is 81.7 Å². The van der Waals surface area contributed by atoms with E-state index in [0.717, 1.165) is 0 Å². The SMILES string of the molecule is COc1ccc(C(=O)NCC(=O)OCC(=O)c2ccc(C3CCCCC3)cc2)cc1. The van der Waals surface area contributed by atoms with Gasteiger partial charge in [0.2, 0.25) is 0 Å². The molecule has 0 spiro atoms. The maximum atomic E-state index is 12.3. The van der Waals surface area contributed by atoms with Crippen LogP contribution >= 0.6 is 0 Å². The molecule has 0 saturated heterocycles. The summed E-state index contributed by atoms with van der Waals surface area (Å²) in [4.78, 5) is 36.2. The number of nitrogens with one attached hydrogen (secondary N) is 1. The van der Waals surface area contributed by atoms with Crippen LogP contribution in [0.2, 0.25) is 0 Å². The average molecular weight is 409 g/mol. The highest BCUT2D eigenvalue weighted by Gasteiger charge is 2.16. The number of benzene rings is 2. The number of methoxy groups -OCH3 is 1. The highest BCUT2D eigenvalue weighted by molar-refractivity contribution is 5.98. The van der Waals surface area contributed by atoms with Crippen molar-refractivity contribution < 1.29 is 23.9 Å². The minimum atomic E-state index is -0.663. The third kappa shape index (κ3) is 5.92. The van der Waals surface area contributed by atoms with Crippen LogP contribution in [0.1, 0.15) is 64.3 Å². The first-order valence-electron chi connectivity index (χ1n) is 10.3. The first kappa shape index (κ1) is 21.6. The number of carbonyl (C=O) groups excluding carboxylic acids is 3. The summed E-state index contributed by atoms with van der Waals surface area (Å²) >= 11 is 0. The van der Waals surface area contributed by atoms with E-state index >= 15 is 0 Å². The third-order valence-corrected chi connectivity index (χ3v) is 5.42. The fourth-order valence-corrected chi connectivity index (χ4v) is 3.65. The standard InChI is InChI=1S/C24H27NO5/c1-29-21-13-11-20(12-14-21)24(28)25-15-23(27)30-16-22(26)19-9-7-18(8-10-19)17-5-3-2-4-6-17/h7-14,17H,2-6,15-16H2,1H3,(H,25,28). The summed E-state index contributed by atoms with van der Waals surface area (Å²) in [6, 6.07) is 14.1. The number of hydrogen-bond acceptors (Lipinski definition) is 5. The molecule has 0 aromatic heterocycles. The Morgan fingerprint density at radius 3 is 2.17 bits per heavy atom. The Bertz CT molecular complexity index is 867. The zero-order valence-corrected chi connectivity index (χ0v) is 17.2. The van der Waals surface area contributed by atoms with Crippen molar-refractivity contribution in [2.24, 2.45) is 0 Å². The van der Waals surface area contributed by atoms with Crippen LogP contribution in [0.25, 0.3) is 0 Å². The zero-order valence-electron chi connectivity index (χ0n) is 17.2. The van der Waals surface area contributed by atoms with Crippen LogP contribution in [0.3, 0.4) is 0 Å². The molecule has 6 heteroatoms. The maximum Gasteiger partial charge on any atom is 0.325 e. The lowest BCUT2D eigenvalue weighted by Crippen LogP contribution is -2.31. The van der Waals surface area contributed by atoms with Crippen molar-refractivity contribution in [2.45, 2.75) is 38.0 Å². The summed E-state index contributed by atoms with van der Waals surface area (Å²) in [5.74, 6) is -0.116. The largest absolute Gasteiger partial charge is 0.497 e. The van der Waals surface area contributed by atoms with Crippen molar-refractivity contribution in [1.82, 2.24) is 5.32 Å². The third-order valence-electron chi connectivity index (χ3n) is 5.42. The zero-order chi connectivity index (χ0) is 21.3. The number of hydrogen-bond donors (Lipinski definition) is 1. The number of ether oxygens (including phenoxy) is 2. The Hall–Kier alpha value is -3.15. The lowest BCUT2D eigenvalue weighted by atomic mass is 9.84. The molecule has 1 amide bonds. The van der Waals surface area contributed by atoms with Crippen molar-refractivity contribution in [1.29, 1.82) is 0 Å². The first-order valence-corrected chi connectivity index (χ1v) is 10.3. The molecule has 0 atom stereocenters. The van der Waals surface area contributed by atoms with Crippen molar-refractivity contribution >= 4 is 17.7 Å². The Balaban J connectivity index is 1.42. The van der Waals surface area contributed by atoms with Crippen LogP contribution in [0, 0.1) is 0 Å².